The van der Waals surface area contributed by atoms with E-state index in [1.54, 1.807) is 0 Å². The Balaban J connectivity index is 1.34. The molecule has 0 radical (unpaired) electrons. The quantitative estimate of drug-likeness (QED) is 0.171. The number of allylic oxidation sites excluding steroid dienone is 2. The lowest BCUT2D eigenvalue weighted by molar-refractivity contribution is 0.274. The largest absolute Gasteiger partial charge is 0.0616 e. The highest BCUT2D eigenvalue weighted by Gasteiger charge is 2.48. The average molecular weight is 711 g/mol. The Morgan fingerprint density at radius 3 is 1.29 bits per heavy atom. The molecule has 6 aromatic rings. The third-order valence-electron chi connectivity index (χ3n) is 10.4. The van der Waals surface area contributed by atoms with E-state index in [1.807, 2.05) is 0 Å². The zero-order valence-electron chi connectivity index (χ0n) is 26.0. The van der Waals surface area contributed by atoms with Crippen LogP contribution in [-0.2, 0) is 0 Å². The summed E-state index contributed by atoms with van der Waals surface area (Å²) in [5.74, 6) is 0.489. The second-order valence-electron chi connectivity index (χ2n) is 13.3. The molecular formula is C43H34Br2. The molecule has 0 N–H and O–H groups in total. The standard InChI is InChI=1S/C43H34Br2/c1-25-37(31-21-19-27-11-5-7-13-29(27)23-31)39-33(15-9-17-35(39)44)41(25)43(3,4)42-26(2)38(40-34(42)16-10-18-36(40)45)32-22-20-28-12-6-8-14-30(28)24-32/h5-24,41-42H,1-4H3. The predicted molar refractivity (Wildman–Crippen MR) is 199 cm³/mol. The van der Waals surface area contributed by atoms with E-state index in [4.69, 9.17) is 0 Å². The van der Waals surface area contributed by atoms with E-state index in [9.17, 15) is 0 Å². The number of hydrogen-bond acceptors (Lipinski definition) is 0. The zero-order valence-corrected chi connectivity index (χ0v) is 29.1. The molecule has 2 unspecified atom stereocenters. The van der Waals surface area contributed by atoms with Gasteiger partial charge in [-0.05, 0) is 98.5 Å². The van der Waals surface area contributed by atoms with Gasteiger partial charge in [-0.2, -0.15) is 0 Å². The number of halogens is 2. The Morgan fingerprint density at radius 1 is 0.467 bits per heavy atom. The second kappa shape index (κ2) is 10.7. The van der Waals surface area contributed by atoms with Gasteiger partial charge in [-0.1, -0.05) is 154 Å². The summed E-state index contributed by atoms with van der Waals surface area (Å²) in [5.41, 5.74) is 13.6. The molecule has 0 heterocycles. The first-order valence-electron chi connectivity index (χ1n) is 15.7. The Morgan fingerprint density at radius 2 is 0.867 bits per heavy atom. The van der Waals surface area contributed by atoms with Crippen molar-refractivity contribution in [1.29, 1.82) is 0 Å². The van der Waals surface area contributed by atoms with Crippen LogP contribution in [0.4, 0.5) is 0 Å². The SMILES string of the molecule is CC1=C(c2ccc3ccccc3c2)c2c(Br)cccc2C1C(C)(C)C1C(C)=C(c2ccc3ccccc3c2)c2c(Br)cccc21. The molecule has 2 heteroatoms. The fourth-order valence-electron chi connectivity index (χ4n) is 8.76. The number of rotatable bonds is 4. The highest BCUT2D eigenvalue weighted by molar-refractivity contribution is 9.10. The molecule has 8 rings (SSSR count). The van der Waals surface area contributed by atoms with Crippen molar-refractivity contribution in [3.63, 3.8) is 0 Å². The molecule has 0 saturated heterocycles. The Kier molecular flexibility index (Phi) is 6.82. The Labute approximate surface area is 282 Å². The van der Waals surface area contributed by atoms with Crippen LogP contribution in [0.5, 0.6) is 0 Å². The van der Waals surface area contributed by atoms with E-state index in [1.165, 1.54) is 86.2 Å². The molecule has 2 aliphatic rings. The molecule has 0 amide bonds. The number of hydrogen-bond donors (Lipinski definition) is 0. The fourth-order valence-corrected chi connectivity index (χ4v) is 9.92. The normalized spacial score (nSPS) is 17.8. The monoisotopic (exact) mass is 708 g/mol. The first kappa shape index (κ1) is 28.7. The van der Waals surface area contributed by atoms with Gasteiger partial charge >= 0.3 is 0 Å². The molecule has 0 bridgehead atoms. The summed E-state index contributed by atoms with van der Waals surface area (Å²) in [7, 11) is 0. The first-order chi connectivity index (χ1) is 21.8. The zero-order chi connectivity index (χ0) is 31.0. The molecule has 0 aromatic heterocycles. The lowest BCUT2D eigenvalue weighted by Crippen LogP contribution is -2.30. The average Bonchev–Trinajstić information content (AvgIpc) is 3.53. The summed E-state index contributed by atoms with van der Waals surface area (Å²) in [4.78, 5) is 0. The van der Waals surface area contributed by atoms with Gasteiger partial charge in [0.15, 0.2) is 0 Å². The van der Waals surface area contributed by atoms with Gasteiger partial charge in [0.05, 0.1) is 0 Å². The van der Waals surface area contributed by atoms with Crippen LogP contribution >= 0.6 is 31.9 Å². The Bertz CT molecular complexity index is 2090. The van der Waals surface area contributed by atoms with E-state index in [0.717, 1.165) is 0 Å². The van der Waals surface area contributed by atoms with E-state index >= 15 is 0 Å². The van der Waals surface area contributed by atoms with Crippen LogP contribution in [0.3, 0.4) is 0 Å². The highest BCUT2D eigenvalue weighted by atomic mass is 79.9. The molecule has 2 aliphatic carbocycles. The molecule has 45 heavy (non-hydrogen) atoms. The Hall–Kier alpha value is -3.72. The molecular weight excluding hydrogens is 676 g/mol. The van der Waals surface area contributed by atoms with Gasteiger partial charge in [-0.25, -0.2) is 0 Å². The lowest BCUT2D eigenvalue weighted by Gasteiger charge is -2.41. The number of benzene rings is 6. The third kappa shape index (κ3) is 4.37. The second-order valence-corrected chi connectivity index (χ2v) is 15.0. The maximum absolute atomic E-state index is 4.00. The van der Waals surface area contributed by atoms with Crippen LogP contribution in [0.25, 0.3) is 32.7 Å². The maximum atomic E-state index is 4.00. The van der Waals surface area contributed by atoms with Crippen molar-refractivity contribution >= 4 is 64.6 Å². The van der Waals surface area contributed by atoms with Crippen LogP contribution in [-0.4, -0.2) is 0 Å². The minimum Gasteiger partial charge on any atom is -0.0616 e. The predicted octanol–water partition coefficient (Wildman–Crippen LogP) is 13.1. The smallest absolute Gasteiger partial charge is 0.0256 e. The molecule has 0 nitrogen and oxygen atoms in total. The van der Waals surface area contributed by atoms with Gasteiger partial charge in [0, 0.05) is 31.9 Å². The van der Waals surface area contributed by atoms with Crippen LogP contribution in [0.2, 0.25) is 0 Å². The van der Waals surface area contributed by atoms with Crippen molar-refractivity contribution in [3.8, 4) is 0 Å². The van der Waals surface area contributed by atoms with Crippen molar-refractivity contribution < 1.29 is 0 Å². The minimum absolute atomic E-state index is 0.115. The van der Waals surface area contributed by atoms with Gasteiger partial charge in [0.1, 0.15) is 0 Å². The van der Waals surface area contributed by atoms with Crippen LogP contribution in [0, 0.1) is 5.41 Å². The molecule has 2 atom stereocenters. The topological polar surface area (TPSA) is 0 Å². The van der Waals surface area contributed by atoms with E-state index in [2.05, 4.69) is 181 Å². The highest BCUT2D eigenvalue weighted by Crippen LogP contribution is 2.63. The molecule has 6 aromatic carbocycles. The maximum Gasteiger partial charge on any atom is 0.0256 e. The fraction of sp³-hybridized carbons (Fsp3) is 0.163. The summed E-state index contributed by atoms with van der Waals surface area (Å²) >= 11 is 7.99. The summed E-state index contributed by atoms with van der Waals surface area (Å²) in [5, 5.41) is 5.11. The lowest BCUT2D eigenvalue weighted by atomic mass is 9.62. The summed E-state index contributed by atoms with van der Waals surface area (Å²) in [6, 6.07) is 44.8. The van der Waals surface area contributed by atoms with Crippen LogP contribution in [0.15, 0.2) is 141 Å². The van der Waals surface area contributed by atoms with Gasteiger partial charge in [-0.15, -0.1) is 0 Å². The molecule has 220 valence electrons. The van der Waals surface area contributed by atoms with Gasteiger partial charge in [0.25, 0.3) is 0 Å². The van der Waals surface area contributed by atoms with Crippen molar-refractivity contribution in [2.45, 2.75) is 39.5 Å². The minimum atomic E-state index is -0.115. The van der Waals surface area contributed by atoms with Crippen molar-refractivity contribution in [2.24, 2.45) is 5.41 Å². The number of fused-ring (bicyclic) bond motifs is 4. The molecule has 0 spiro atoms. The molecule has 0 fully saturated rings. The summed E-state index contributed by atoms with van der Waals surface area (Å²) in [6.07, 6.45) is 0. The van der Waals surface area contributed by atoms with Crippen molar-refractivity contribution in [1.82, 2.24) is 0 Å². The van der Waals surface area contributed by atoms with Crippen LogP contribution < -0.4 is 0 Å². The van der Waals surface area contributed by atoms with E-state index in [0.29, 0.717) is 0 Å². The van der Waals surface area contributed by atoms with Gasteiger partial charge < -0.3 is 0 Å². The first-order valence-corrected chi connectivity index (χ1v) is 17.3. The van der Waals surface area contributed by atoms with Gasteiger partial charge in [-0.3, -0.25) is 0 Å². The van der Waals surface area contributed by atoms with E-state index < -0.39 is 0 Å². The summed E-state index contributed by atoms with van der Waals surface area (Å²) in [6.45, 7) is 9.75. The van der Waals surface area contributed by atoms with Crippen LogP contribution in [0.1, 0.15) is 72.9 Å². The molecule has 0 aliphatic heterocycles. The third-order valence-corrected chi connectivity index (χ3v) is 11.8. The van der Waals surface area contributed by atoms with E-state index in [-0.39, 0.29) is 17.3 Å². The molecule has 0 saturated carbocycles. The van der Waals surface area contributed by atoms with Crippen molar-refractivity contribution in [3.05, 3.63) is 175 Å². The van der Waals surface area contributed by atoms with Crippen molar-refractivity contribution in [2.75, 3.05) is 0 Å². The summed E-state index contributed by atoms with van der Waals surface area (Å²) < 4.78 is 2.33. The van der Waals surface area contributed by atoms with Gasteiger partial charge in [0.2, 0.25) is 0 Å².